The fraction of sp³-hybridized carbons (Fsp3) is 0.188. The molecule has 0 unspecified atom stereocenters. The van der Waals surface area contributed by atoms with Crippen LogP contribution in [0.15, 0.2) is 42.6 Å². The third-order valence-electron chi connectivity index (χ3n) is 3.05. The number of alkyl halides is 1. The van der Waals surface area contributed by atoms with Gasteiger partial charge in [-0.2, -0.15) is 0 Å². The van der Waals surface area contributed by atoms with Crippen molar-refractivity contribution in [2.45, 2.75) is 19.1 Å². The van der Waals surface area contributed by atoms with Gasteiger partial charge in [0.25, 0.3) is 0 Å². The molecule has 0 radical (unpaired) electrons. The number of carbonyl (C=O) groups excluding carboxylic acids is 2. The Bertz CT molecular complexity index is 680. The second-order valence-corrected chi connectivity index (χ2v) is 4.60. The van der Waals surface area contributed by atoms with Gasteiger partial charge in [-0.05, 0) is 18.2 Å². The Morgan fingerprint density at radius 3 is 2.70 bits per heavy atom. The fourth-order valence-corrected chi connectivity index (χ4v) is 1.95. The van der Waals surface area contributed by atoms with Crippen LogP contribution in [0.25, 0.3) is 0 Å². The molecule has 0 fully saturated rings. The Hall–Kier alpha value is -2.83. The average Bonchev–Trinajstić information content (AvgIpc) is 2.55. The first-order chi connectivity index (χ1) is 11.2. The molecule has 0 aliphatic carbocycles. The molecule has 23 heavy (non-hydrogen) atoms. The molecule has 0 aliphatic heterocycles. The molecule has 0 spiro atoms. The van der Waals surface area contributed by atoms with Gasteiger partial charge >= 0.3 is 6.09 Å². The average molecular weight is 320 g/mol. The molecule has 1 aromatic carbocycles. The fourth-order valence-electron chi connectivity index (χ4n) is 1.95. The van der Waals surface area contributed by atoms with Crippen molar-refractivity contribution in [3.8, 4) is 5.75 Å². The first kappa shape index (κ1) is 16.5. The van der Waals surface area contributed by atoms with Crippen molar-refractivity contribution in [2.24, 2.45) is 0 Å². The highest BCUT2D eigenvalue weighted by Crippen LogP contribution is 2.21. The minimum Gasteiger partial charge on any atom is -0.410 e. The summed E-state index contributed by atoms with van der Waals surface area (Å²) < 4.78 is 31.8. The number of nitrogens with zero attached hydrogens (tertiary/aromatic N) is 1. The van der Waals surface area contributed by atoms with Gasteiger partial charge in [-0.15, -0.1) is 0 Å². The molecule has 1 amide bonds. The van der Waals surface area contributed by atoms with Crippen LogP contribution in [-0.4, -0.2) is 17.4 Å². The minimum atomic E-state index is -1.05. The number of para-hydroxylation sites is 1. The second-order valence-electron chi connectivity index (χ2n) is 4.60. The van der Waals surface area contributed by atoms with E-state index < -0.39 is 24.6 Å². The molecular formula is C16H14F2N2O3. The number of aromatic nitrogens is 1. The highest BCUT2D eigenvalue weighted by Gasteiger charge is 2.22. The van der Waals surface area contributed by atoms with Crippen molar-refractivity contribution in [2.75, 3.05) is 0 Å². The van der Waals surface area contributed by atoms with Crippen molar-refractivity contribution in [3.05, 3.63) is 59.7 Å². The first-order valence-corrected chi connectivity index (χ1v) is 6.82. The smallest absolute Gasteiger partial charge is 0.410 e. The number of aldehydes is 1. The summed E-state index contributed by atoms with van der Waals surface area (Å²) in [5, 5.41) is 2.36. The third kappa shape index (κ3) is 4.32. The standard InChI is InChI=1S/C16H14F2N2O3/c17-10-11-6-8-19-15(14(11)18)13(7-9-21)20-16(22)23-12-4-2-1-3-5-12/h1-6,8-9,13H,7,10H2,(H,20,22)/t13-/m0/s1. The molecule has 0 bridgehead atoms. The number of carbonyl (C=O) groups is 2. The molecular weight excluding hydrogens is 306 g/mol. The van der Waals surface area contributed by atoms with Gasteiger partial charge in [-0.25, -0.2) is 13.6 Å². The van der Waals surface area contributed by atoms with E-state index in [-0.39, 0.29) is 17.7 Å². The Morgan fingerprint density at radius 1 is 1.30 bits per heavy atom. The molecule has 7 heteroatoms. The zero-order valence-corrected chi connectivity index (χ0v) is 12.0. The SMILES string of the molecule is O=CC[C@H](NC(=O)Oc1ccccc1)c1nccc(CF)c1F. The van der Waals surface area contributed by atoms with Gasteiger partial charge in [0, 0.05) is 18.2 Å². The monoisotopic (exact) mass is 320 g/mol. The Kier molecular flexibility index (Phi) is 5.74. The van der Waals surface area contributed by atoms with E-state index in [0.717, 1.165) is 0 Å². The summed E-state index contributed by atoms with van der Waals surface area (Å²) >= 11 is 0. The van der Waals surface area contributed by atoms with Crippen LogP contribution in [0, 0.1) is 5.82 Å². The van der Waals surface area contributed by atoms with Crippen molar-refractivity contribution in [1.82, 2.24) is 10.3 Å². The van der Waals surface area contributed by atoms with Gasteiger partial charge in [0.15, 0.2) is 5.82 Å². The summed E-state index contributed by atoms with van der Waals surface area (Å²) in [5.74, 6) is -0.595. The Morgan fingerprint density at radius 2 is 2.04 bits per heavy atom. The van der Waals surface area contributed by atoms with E-state index in [0.29, 0.717) is 12.0 Å². The maximum Gasteiger partial charge on any atom is 0.413 e. The molecule has 2 rings (SSSR count). The van der Waals surface area contributed by atoms with Crippen molar-refractivity contribution >= 4 is 12.4 Å². The summed E-state index contributed by atoms with van der Waals surface area (Å²) in [4.78, 5) is 26.4. The van der Waals surface area contributed by atoms with Crippen molar-refractivity contribution < 1.29 is 23.1 Å². The van der Waals surface area contributed by atoms with E-state index in [9.17, 15) is 18.4 Å². The number of ether oxygens (including phenoxy) is 1. The van der Waals surface area contributed by atoms with Gasteiger partial charge in [-0.1, -0.05) is 18.2 Å². The summed E-state index contributed by atoms with van der Waals surface area (Å²) in [6.45, 7) is -1.01. The van der Waals surface area contributed by atoms with Crippen LogP contribution in [-0.2, 0) is 11.5 Å². The van der Waals surface area contributed by atoms with E-state index >= 15 is 0 Å². The van der Waals surface area contributed by atoms with Crippen LogP contribution in [0.3, 0.4) is 0 Å². The van der Waals surface area contributed by atoms with Gasteiger partial charge in [0.05, 0.1) is 11.7 Å². The lowest BCUT2D eigenvalue weighted by Crippen LogP contribution is -2.32. The van der Waals surface area contributed by atoms with Crippen LogP contribution >= 0.6 is 0 Å². The normalized spacial score (nSPS) is 11.6. The van der Waals surface area contributed by atoms with E-state index in [2.05, 4.69) is 10.3 Å². The Balaban J connectivity index is 2.15. The van der Waals surface area contributed by atoms with Crippen LogP contribution in [0.1, 0.15) is 23.7 Å². The highest BCUT2D eigenvalue weighted by molar-refractivity contribution is 5.71. The van der Waals surface area contributed by atoms with Crippen LogP contribution in [0.2, 0.25) is 0 Å². The zero-order valence-electron chi connectivity index (χ0n) is 12.0. The molecule has 2 aromatic rings. The maximum atomic E-state index is 14.1. The molecule has 0 aliphatic rings. The van der Waals surface area contributed by atoms with Crippen molar-refractivity contribution in [3.63, 3.8) is 0 Å². The predicted molar refractivity (Wildman–Crippen MR) is 78.0 cm³/mol. The molecule has 1 N–H and O–H groups in total. The second kappa shape index (κ2) is 7.98. The molecule has 1 aromatic heterocycles. The number of benzene rings is 1. The van der Waals surface area contributed by atoms with E-state index in [1.807, 2.05) is 0 Å². The number of hydrogen-bond donors (Lipinski definition) is 1. The number of pyridine rings is 1. The minimum absolute atomic E-state index is 0.191. The quantitative estimate of drug-likeness (QED) is 0.830. The first-order valence-electron chi connectivity index (χ1n) is 6.82. The summed E-state index contributed by atoms with van der Waals surface area (Å²) in [7, 11) is 0. The molecule has 0 saturated carbocycles. The lowest BCUT2D eigenvalue weighted by atomic mass is 10.1. The number of hydrogen-bond acceptors (Lipinski definition) is 4. The van der Waals surface area contributed by atoms with Gasteiger partial charge in [-0.3, -0.25) is 4.98 Å². The number of nitrogens with one attached hydrogen (secondary N) is 1. The van der Waals surface area contributed by atoms with E-state index in [4.69, 9.17) is 4.74 Å². The predicted octanol–water partition coefficient (Wildman–Crippen LogP) is 3.11. The van der Waals surface area contributed by atoms with E-state index in [1.165, 1.54) is 12.3 Å². The highest BCUT2D eigenvalue weighted by atomic mass is 19.1. The zero-order chi connectivity index (χ0) is 16.7. The van der Waals surface area contributed by atoms with Gasteiger partial charge in [0.2, 0.25) is 0 Å². The van der Waals surface area contributed by atoms with Gasteiger partial charge < -0.3 is 14.8 Å². The maximum absolute atomic E-state index is 14.1. The lowest BCUT2D eigenvalue weighted by molar-refractivity contribution is -0.108. The number of halogens is 2. The summed E-state index contributed by atoms with van der Waals surface area (Å²) in [6, 6.07) is 8.39. The van der Waals surface area contributed by atoms with Crippen molar-refractivity contribution in [1.29, 1.82) is 0 Å². The third-order valence-corrected chi connectivity index (χ3v) is 3.05. The van der Waals surface area contributed by atoms with Gasteiger partial charge in [0.1, 0.15) is 18.7 Å². The lowest BCUT2D eigenvalue weighted by Gasteiger charge is -2.17. The largest absolute Gasteiger partial charge is 0.413 e. The molecule has 120 valence electrons. The van der Waals surface area contributed by atoms with Crippen LogP contribution in [0.4, 0.5) is 13.6 Å². The summed E-state index contributed by atoms with van der Waals surface area (Å²) in [5.41, 5.74) is -0.401. The number of rotatable bonds is 6. The molecule has 1 atom stereocenters. The molecule has 5 nitrogen and oxygen atoms in total. The Labute approximate surface area is 131 Å². The van der Waals surface area contributed by atoms with Crippen LogP contribution < -0.4 is 10.1 Å². The van der Waals surface area contributed by atoms with Crippen LogP contribution in [0.5, 0.6) is 5.75 Å². The number of amides is 1. The van der Waals surface area contributed by atoms with E-state index in [1.54, 1.807) is 30.3 Å². The summed E-state index contributed by atoms with van der Waals surface area (Å²) in [6.07, 6.45) is 0.644. The molecule has 1 heterocycles. The topological polar surface area (TPSA) is 68.3 Å². The molecule has 0 saturated heterocycles.